The number of nitrogens with one attached hydrogen (secondary N) is 1. The summed E-state index contributed by atoms with van der Waals surface area (Å²) >= 11 is 0. The van der Waals surface area contributed by atoms with E-state index < -0.39 is 4.92 Å². The summed E-state index contributed by atoms with van der Waals surface area (Å²) in [7, 11) is 5.56. The van der Waals surface area contributed by atoms with Crippen LogP contribution in [-0.4, -0.2) is 47.0 Å². The van der Waals surface area contributed by atoms with Gasteiger partial charge in [0, 0.05) is 12.6 Å². The molecule has 1 aromatic carbocycles. The highest BCUT2D eigenvalue weighted by atomic mass is 16.6. The largest absolute Gasteiger partial charge is 0.497 e. The summed E-state index contributed by atoms with van der Waals surface area (Å²) < 4.78 is 6.67. The van der Waals surface area contributed by atoms with Crippen LogP contribution in [0.4, 0.5) is 11.6 Å². The SMILES string of the molecule is COc1ccc(C(CNc2nc3ccccn3c2[N+](=O)[O-])N(C)C)cc1. The van der Waals surface area contributed by atoms with Gasteiger partial charge in [0.05, 0.1) is 19.3 Å². The summed E-state index contributed by atoms with van der Waals surface area (Å²) in [5, 5.41) is 14.6. The van der Waals surface area contributed by atoms with E-state index >= 15 is 0 Å². The molecule has 26 heavy (non-hydrogen) atoms. The first-order chi connectivity index (χ1) is 12.5. The summed E-state index contributed by atoms with van der Waals surface area (Å²) in [6.45, 7) is 0.476. The van der Waals surface area contributed by atoms with Crippen molar-refractivity contribution in [2.45, 2.75) is 6.04 Å². The van der Waals surface area contributed by atoms with Gasteiger partial charge in [0.1, 0.15) is 5.75 Å². The van der Waals surface area contributed by atoms with Gasteiger partial charge in [-0.1, -0.05) is 18.2 Å². The van der Waals surface area contributed by atoms with Gasteiger partial charge in [0.15, 0.2) is 0 Å². The molecular formula is C18H21N5O3. The lowest BCUT2D eigenvalue weighted by Crippen LogP contribution is -2.27. The zero-order valence-corrected chi connectivity index (χ0v) is 14.9. The summed E-state index contributed by atoms with van der Waals surface area (Å²) in [6, 6.07) is 13.1. The molecular weight excluding hydrogens is 334 g/mol. The number of methoxy groups -OCH3 is 1. The van der Waals surface area contributed by atoms with E-state index in [1.165, 1.54) is 4.40 Å². The standard InChI is InChI=1S/C18H21N5O3/c1-21(2)15(13-7-9-14(26-3)10-8-13)12-19-17-18(23(24)25)22-11-5-4-6-16(22)20-17/h4-11,15,19H,12H2,1-3H3. The second-order valence-electron chi connectivity index (χ2n) is 6.10. The Labute approximate surface area is 151 Å². The molecule has 1 atom stereocenters. The van der Waals surface area contributed by atoms with Crippen LogP contribution >= 0.6 is 0 Å². The van der Waals surface area contributed by atoms with Crippen molar-refractivity contribution in [3.8, 4) is 5.75 Å². The van der Waals surface area contributed by atoms with Gasteiger partial charge in [0.2, 0.25) is 11.5 Å². The van der Waals surface area contributed by atoms with E-state index in [1.807, 2.05) is 38.4 Å². The van der Waals surface area contributed by atoms with Crippen molar-refractivity contribution in [2.75, 3.05) is 33.1 Å². The second kappa shape index (κ2) is 7.40. The fourth-order valence-corrected chi connectivity index (χ4v) is 2.89. The van der Waals surface area contributed by atoms with E-state index in [9.17, 15) is 10.1 Å². The van der Waals surface area contributed by atoms with E-state index in [-0.39, 0.29) is 17.7 Å². The maximum Gasteiger partial charge on any atom is 0.372 e. The number of hydrogen-bond acceptors (Lipinski definition) is 6. The quantitative estimate of drug-likeness (QED) is 0.518. The number of fused-ring (bicyclic) bond motifs is 1. The van der Waals surface area contributed by atoms with Crippen LogP contribution in [0, 0.1) is 10.1 Å². The molecule has 3 rings (SSSR count). The first kappa shape index (κ1) is 17.7. The lowest BCUT2D eigenvalue weighted by atomic mass is 10.1. The van der Waals surface area contributed by atoms with Crippen LogP contribution in [0.15, 0.2) is 48.7 Å². The average molecular weight is 355 g/mol. The van der Waals surface area contributed by atoms with Crippen LogP contribution in [0.5, 0.6) is 5.75 Å². The molecule has 8 heteroatoms. The Hall–Kier alpha value is -3.13. The normalized spacial score (nSPS) is 12.3. The van der Waals surface area contributed by atoms with Gasteiger partial charge in [-0.3, -0.25) is 0 Å². The van der Waals surface area contributed by atoms with Gasteiger partial charge >= 0.3 is 5.82 Å². The topological polar surface area (TPSA) is 84.9 Å². The molecule has 3 aromatic rings. The Kier molecular flexibility index (Phi) is 5.04. The van der Waals surface area contributed by atoms with Gasteiger partial charge in [-0.15, -0.1) is 0 Å². The van der Waals surface area contributed by atoms with Crippen LogP contribution < -0.4 is 10.1 Å². The molecule has 136 valence electrons. The molecule has 2 aromatic heterocycles. The van der Waals surface area contributed by atoms with Gasteiger partial charge in [-0.2, -0.15) is 9.38 Å². The van der Waals surface area contributed by atoms with Crippen molar-refractivity contribution in [2.24, 2.45) is 0 Å². The third kappa shape index (κ3) is 3.45. The number of ether oxygens (including phenoxy) is 1. The summed E-state index contributed by atoms with van der Waals surface area (Å²) in [4.78, 5) is 17.5. The lowest BCUT2D eigenvalue weighted by molar-refractivity contribution is -0.389. The monoisotopic (exact) mass is 355 g/mol. The highest BCUT2D eigenvalue weighted by Crippen LogP contribution is 2.27. The van der Waals surface area contributed by atoms with Crippen molar-refractivity contribution in [1.29, 1.82) is 0 Å². The van der Waals surface area contributed by atoms with E-state index in [2.05, 4.69) is 15.2 Å². The zero-order valence-electron chi connectivity index (χ0n) is 14.9. The van der Waals surface area contributed by atoms with E-state index in [4.69, 9.17) is 4.74 Å². The number of imidazole rings is 1. The molecule has 0 aliphatic carbocycles. The Balaban J connectivity index is 1.86. The maximum atomic E-state index is 11.5. The number of benzene rings is 1. The maximum absolute atomic E-state index is 11.5. The summed E-state index contributed by atoms with van der Waals surface area (Å²) in [5.74, 6) is 0.990. The number of anilines is 1. The fourth-order valence-electron chi connectivity index (χ4n) is 2.89. The van der Waals surface area contributed by atoms with Crippen molar-refractivity contribution in [3.63, 3.8) is 0 Å². The predicted molar refractivity (Wildman–Crippen MR) is 99.8 cm³/mol. The first-order valence-electron chi connectivity index (χ1n) is 8.17. The molecule has 0 aliphatic rings. The number of hydrogen-bond donors (Lipinski definition) is 1. The van der Waals surface area contributed by atoms with E-state index in [0.29, 0.717) is 12.2 Å². The van der Waals surface area contributed by atoms with Crippen LogP contribution in [0.25, 0.3) is 5.65 Å². The number of aromatic nitrogens is 2. The Morgan fingerprint density at radius 1 is 1.27 bits per heavy atom. The molecule has 2 heterocycles. The molecule has 0 amide bonds. The summed E-state index contributed by atoms with van der Waals surface area (Å²) in [6.07, 6.45) is 1.64. The Morgan fingerprint density at radius 3 is 2.62 bits per heavy atom. The van der Waals surface area contributed by atoms with Crippen LogP contribution in [0.1, 0.15) is 11.6 Å². The second-order valence-corrected chi connectivity index (χ2v) is 6.10. The Bertz CT molecular complexity index is 905. The molecule has 0 bridgehead atoms. The number of nitrogens with zero attached hydrogens (tertiary/aromatic N) is 4. The van der Waals surface area contributed by atoms with Crippen molar-refractivity contribution < 1.29 is 9.66 Å². The molecule has 0 fully saturated rings. The first-order valence-corrected chi connectivity index (χ1v) is 8.17. The Morgan fingerprint density at radius 2 is 2.00 bits per heavy atom. The molecule has 0 saturated carbocycles. The van der Waals surface area contributed by atoms with Crippen molar-refractivity contribution in [1.82, 2.24) is 14.3 Å². The van der Waals surface area contributed by atoms with Crippen LogP contribution in [0.3, 0.4) is 0 Å². The minimum absolute atomic E-state index is 0.0188. The molecule has 0 radical (unpaired) electrons. The molecule has 8 nitrogen and oxygen atoms in total. The number of nitro groups is 1. The third-order valence-corrected chi connectivity index (χ3v) is 4.26. The number of likely N-dealkylation sites (N-methyl/N-ethyl adjacent to an activating group) is 1. The smallest absolute Gasteiger partial charge is 0.372 e. The molecule has 0 saturated heterocycles. The van der Waals surface area contributed by atoms with Gasteiger partial charge < -0.3 is 25.1 Å². The lowest BCUT2D eigenvalue weighted by Gasteiger charge is -2.25. The minimum atomic E-state index is -0.416. The molecule has 1 unspecified atom stereocenters. The highest BCUT2D eigenvalue weighted by molar-refractivity contribution is 5.62. The van der Waals surface area contributed by atoms with Crippen LogP contribution in [0.2, 0.25) is 0 Å². The zero-order chi connectivity index (χ0) is 18.7. The van der Waals surface area contributed by atoms with Gasteiger partial charge in [0.25, 0.3) is 0 Å². The van der Waals surface area contributed by atoms with Crippen molar-refractivity contribution >= 4 is 17.3 Å². The summed E-state index contributed by atoms with van der Waals surface area (Å²) in [5.41, 5.74) is 1.61. The third-order valence-electron chi connectivity index (χ3n) is 4.26. The molecule has 0 aliphatic heterocycles. The minimum Gasteiger partial charge on any atom is -0.497 e. The predicted octanol–water partition coefficient (Wildman–Crippen LogP) is 2.97. The molecule has 0 spiro atoms. The molecule has 1 N–H and O–H groups in total. The van der Waals surface area contributed by atoms with E-state index in [1.54, 1.807) is 31.5 Å². The fraction of sp³-hybridized carbons (Fsp3) is 0.278. The van der Waals surface area contributed by atoms with Gasteiger partial charge in [-0.25, -0.2) is 0 Å². The average Bonchev–Trinajstić information content (AvgIpc) is 3.00. The van der Waals surface area contributed by atoms with Gasteiger partial charge in [-0.05, 0) is 42.8 Å². The van der Waals surface area contributed by atoms with Crippen molar-refractivity contribution in [3.05, 3.63) is 64.3 Å². The number of rotatable bonds is 7. The highest BCUT2D eigenvalue weighted by Gasteiger charge is 2.23. The van der Waals surface area contributed by atoms with Crippen LogP contribution in [-0.2, 0) is 0 Å². The van der Waals surface area contributed by atoms with E-state index in [0.717, 1.165) is 11.3 Å². The number of pyridine rings is 1.